The van der Waals surface area contributed by atoms with Gasteiger partial charge in [0.1, 0.15) is 0 Å². The van der Waals surface area contributed by atoms with Crippen molar-refractivity contribution in [2.75, 3.05) is 11.4 Å². The van der Waals surface area contributed by atoms with Crippen molar-refractivity contribution in [3.05, 3.63) is 28.8 Å². The van der Waals surface area contributed by atoms with E-state index in [1.165, 1.54) is 0 Å². The van der Waals surface area contributed by atoms with E-state index in [-0.39, 0.29) is 12.1 Å². The number of carbonyl (C=O) groups is 1. The minimum atomic E-state index is -0.0314. The summed E-state index contributed by atoms with van der Waals surface area (Å²) in [4.78, 5) is 13.7. The maximum Gasteiger partial charge on any atom is 0.322 e. The van der Waals surface area contributed by atoms with Gasteiger partial charge in [0, 0.05) is 23.3 Å². The topological polar surface area (TPSA) is 32.3 Å². The molecule has 16 heavy (non-hydrogen) atoms. The van der Waals surface area contributed by atoms with Crippen LogP contribution in [0.15, 0.2) is 18.2 Å². The van der Waals surface area contributed by atoms with Crippen molar-refractivity contribution in [2.24, 2.45) is 0 Å². The van der Waals surface area contributed by atoms with Crippen molar-refractivity contribution >= 4 is 23.3 Å². The Hall–Kier alpha value is -1.22. The summed E-state index contributed by atoms with van der Waals surface area (Å²) in [5.41, 5.74) is 2.12. The largest absolute Gasteiger partial charge is 0.336 e. The Balaban J connectivity index is 2.20. The highest BCUT2D eigenvalue weighted by Gasteiger charge is 2.24. The van der Waals surface area contributed by atoms with Crippen molar-refractivity contribution in [2.45, 2.75) is 26.3 Å². The first-order valence-electron chi connectivity index (χ1n) is 5.44. The lowest BCUT2D eigenvalue weighted by Gasteiger charge is -2.19. The van der Waals surface area contributed by atoms with E-state index in [1.54, 1.807) is 4.90 Å². The summed E-state index contributed by atoms with van der Waals surface area (Å²) in [6.45, 7) is 4.64. The normalized spacial score (nSPS) is 14.1. The van der Waals surface area contributed by atoms with Gasteiger partial charge in [0.25, 0.3) is 0 Å². The number of carbonyl (C=O) groups excluding carboxylic acids is 1. The van der Waals surface area contributed by atoms with Crippen LogP contribution in [0, 0.1) is 0 Å². The first kappa shape index (κ1) is 11.3. The summed E-state index contributed by atoms with van der Waals surface area (Å²) in [6.07, 6.45) is 0.876. The van der Waals surface area contributed by atoms with Crippen molar-refractivity contribution in [3.8, 4) is 0 Å². The van der Waals surface area contributed by atoms with E-state index in [0.29, 0.717) is 0 Å². The fourth-order valence-corrected chi connectivity index (χ4v) is 2.10. The molecule has 0 bridgehead atoms. The lowest BCUT2D eigenvalue weighted by molar-refractivity contribution is 0.244. The van der Waals surface area contributed by atoms with E-state index in [9.17, 15) is 4.79 Å². The van der Waals surface area contributed by atoms with E-state index in [2.05, 4.69) is 5.32 Å². The van der Waals surface area contributed by atoms with Crippen molar-refractivity contribution in [1.29, 1.82) is 0 Å². The van der Waals surface area contributed by atoms with Gasteiger partial charge in [-0.2, -0.15) is 0 Å². The fourth-order valence-electron chi connectivity index (χ4n) is 1.91. The highest BCUT2D eigenvalue weighted by Crippen LogP contribution is 2.30. The first-order chi connectivity index (χ1) is 7.58. The van der Waals surface area contributed by atoms with Crippen molar-refractivity contribution in [3.63, 3.8) is 0 Å². The molecule has 0 atom stereocenters. The van der Waals surface area contributed by atoms with E-state index < -0.39 is 0 Å². The molecule has 1 aromatic carbocycles. The predicted octanol–water partition coefficient (Wildman–Crippen LogP) is 2.82. The average Bonchev–Trinajstić information content (AvgIpc) is 2.59. The second kappa shape index (κ2) is 4.34. The van der Waals surface area contributed by atoms with Crippen LogP contribution in [0.5, 0.6) is 0 Å². The molecular weight excluding hydrogens is 224 g/mol. The monoisotopic (exact) mass is 238 g/mol. The SMILES string of the molecule is CC(C)NC(=O)N1CCc2cc(Cl)ccc21. The van der Waals surface area contributed by atoms with Gasteiger partial charge >= 0.3 is 6.03 Å². The van der Waals surface area contributed by atoms with E-state index in [4.69, 9.17) is 11.6 Å². The average molecular weight is 239 g/mol. The Morgan fingerprint density at radius 1 is 1.50 bits per heavy atom. The highest BCUT2D eigenvalue weighted by atomic mass is 35.5. The number of fused-ring (bicyclic) bond motifs is 1. The van der Waals surface area contributed by atoms with Crippen LogP contribution in [0.1, 0.15) is 19.4 Å². The van der Waals surface area contributed by atoms with Gasteiger partial charge in [0.05, 0.1) is 0 Å². The number of hydrogen-bond acceptors (Lipinski definition) is 1. The lowest BCUT2D eigenvalue weighted by Crippen LogP contribution is -2.42. The number of amides is 2. The standard InChI is InChI=1S/C12H15ClN2O/c1-8(2)14-12(16)15-6-5-9-7-10(13)3-4-11(9)15/h3-4,7-8H,5-6H2,1-2H3,(H,14,16). The highest BCUT2D eigenvalue weighted by molar-refractivity contribution is 6.30. The molecule has 0 saturated carbocycles. The van der Waals surface area contributed by atoms with E-state index in [1.807, 2.05) is 32.0 Å². The van der Waals surface area contributed by atoms with Crippen LogP contribution in [0.25, 0.3) is 0 Å². The minimum Gasteiger partial charge on any atom is -0.336 e. The van der Waals surface area contributed by atoms with Crippen LogP contribution in [0.4, 0.5) is 10.5 Å². The van der Waals surface area contributed by atoms with Crippen LogP contribution in [-0.2, 0) is 6.42 Å². The van der Waals surface area contributed by atoms with Gasteiger partial charge < -0.3 is 5.32 Å². The van der Waals surface area contributed by atoms with Crippen LogP contribution in [-0.4, -0.2) is 18.6 Å². The van der Waals surface area contributed by atoms with Crippen LogP contribution >= 0.6 is 11.6 Å². The predicted molar refractivity (Wildman–Crippen MR) is 66.2 cm³/mol. The van der Waals surface area contributed by atoms with Gasteiger partial charge in [0.15, 0.2) is 0 Å². The molecular formula is C12H15ClN2O. The maximum atomic E-state index is 11.9. The molecule has 0 saturated heterocycles. The lowest BCUT2D eigenvalue weighted by atomic mass is 10.2. The molecule has 1 N–H and O–H groups in total. The molecule has 0 aliphatic carbocycles. The first-order valence-corrected chi connectivity index (χ1v) is 5.82. The van der Waals surface area contributed by atoms with Gasteiger partial charge in [-0.15, -0.1) is 0 Å². The fraction of sp³-hybridized carbons (Fsp3) is 0.417. The summed E-state index contributed by atoms with van der Waals surface area (Å²) in [5, 5.41) is 3.62. The zero-order valence-electron chi connectivity index (χ0n) is 9.46. The molecule has 2 amide bonds. The Bertz CT molecular complexity index is 417. The van der Waals surface area contributed by atoms with Crippen LogP contribution in [0.2, 0.25) is 5.02 Å². The molecule has 2 rings (SSSR count). The van der Waals surface area contributed by atoms with Crippen molar-refractivity contribution in [1.82, 2.24) is 5.32 Å². The number of nitrogens with one attached hydrogen (secondary N) is 1. The van der Waals surface area contributed by atoms with Gasteiger partial charge in [-0.25, -0.2) is 4.79 Å². The number of urea groups is 1. The third kappa shape index (κ3) is 2.14. The zero-order valence-corrected chi connectivity index (χ0v) is 10.2. The minimum absolute atomic E-state index is 0.0314. The summed E-state index contributed by atoms with van der Waals surface area (Å²) < 4.78 is 0. The van der Waals surface area contributed by atoms with Gasteiger partial charge in [-0.3, -0.25) is 4.90 Å². The molecule has 0 aromatic heterocycles. The second-order valence-corrected chi connectivity index (χ2v) is 4.72. The molecule has 1 aliphatic rings. The molecule has 0 spiro atoms. The number of anilines is 1. The maximum absolute atomic E-state index is 11.9. The van der Waals surface area contributed by atoms with Gasteiger partial charge in [-0.05, 0) is 44.0 Å². The van der Waals surface area contributed by atoms with Gasteiger partial charge in [0.2, 0.25) is 0 Å². The summed E-state index contributed by atoms with van der Waals surface area (Å²) in [6, 6.07) is 5.78. The number of rotatable bonds is 1. The Morgan fingerprint density at radius 2 is 2.25 bits per heavy atom. The molecule has 0 fully saturated rings. The second-order valence-electron chi connectivity index (χ2n) is 4.28. The molecule has 0 unspecified atom stereocenters. The Labute approximate surface area is 100 Å². The smallest absolute Gasteiger partial charge is 0.322 e. The third-order valence-electron chi connectivity index (χ3n) is 2.59. The number of benzene rings is 1. The van der Waals surface area contributed by atoms with Crippen LogP contribution < -0.4 is 10.2 Å². The summed E-state index contributed by atoms with van der Waals surface area (Å²) in [7, 11) is 0. The summed E-state index contributed by atoms with van der Waals surface area (Å²) in [5.74, 6) is 0. The zero-order chi connectivity index (χ0) is 11.7. The molecule has 0 radical (unpaired) electrons. The van der Waals surface area contributed by atoms with E-state index >= 15 is 0 Å². The molecule has 86 valence electrons. The molecule has 1 aromatic rings. The Kier molecular flexibility index (Phi) is 3.06. The molecule has 4 heteroatoms. The number of hydrogen-bond donors (Lipinski definition) is 1. The number of nitrogens with zero attached hydrogens (tertiary/aromatic N) is 1. The van der Waals surface area contributed by atoms with Crippen LogP contribution in [0.3, 0.4) is 0 Å². The number of halogens is 1. The molecule has 3 nitrogen and oxygen atoms in total. The van der Waals surface area contributed by atoms with Gasteiger partial charge in [-0.1, -0.05) is 11.6 Å². The quantitative estimate of drug-likeness (QED) is 0.802. The van der Waals surface area contributed by atoms with Crippen molar-refractivity contribution < 1.29 is 4.79 Å². The Morgan fingerprint density at radius 3 is 2.94 bits per heavy atom. The summed E-state index contributed by atoms with van der Waals surface area (Å²) >= 11 is 5.92. The molecule has 1 aliphatic heterocycles. The molecule has 1 heterocycles. The van der Waals surface area contributed by atoms with E-state index in [0.717, 1.165) is 29.2 Å². The third-order valence-corrected chi connectivity index (χ3v) is 2.83.